The van der Waals surface area contributed by atoms with Crippen LogP contribution in [0.5, 0.6) is 5.75 Å². The second kappa shape index (κ2) is 13.9. The highest BCUT2D eigenvalue weighted by atomic mass is 35.5. The number of nitrogens with one attached hydrogen (secondary N) is 1. The lowest BCUT2D eigenvalue weighted by molar-refractivity contribution is -0.140. The minimum atomic E-state index is -4.18. The summed E-state index contributed by atoms with van der Waals surface area (Å²) in [5.41, 5.74) is 2.58. The number of rotatable bonds is 12. The van der Waals surface area contributed by atoms with Gasteiger partial charge < -0.3 is 15.0 Å². The third kappa shape index (κ3) is 8.01. The number of hydrogen-bond acceptors (Lipinski definition) is 5. The Morgan fingerprint density at radius 2 is 1.61 bits per heavy atom. The van der Waals surface area contributed by atoms with Gasteiger partial charge in [-0.15, -0.1) is 0 Å². The van der Waals surface area contributed by atoms with E-state index in [4.69, 9.17) is 16.3 Å². The van der Waals surface area contributed by atoms with Crippen LogP contribution in [0.15, 0.2) is 71.6 Å². The Labute approximate surface area is 248 Å². The number of anilines is 1. The van der Waals surface area contributed by atoms with E-state index in [1.807, 2.05) is 39.8 Å². The minimum Gasteiger partial charge on any atom is -0.497 e. The van der Waals surface area contributed by atoms with Crippen LogP contribution < -0.4 is 14.4 Å². The molecular formula is C31H38ClN3O5S. The van der Waals surface area contributed by atoms with Crippen LogP contribution in [0.3, 0.4) is 0 Å². The fourth-order valence-electron chi connectivity index (χ4n) is 4.43. The summed E-state index contributed by atoms with van der Waals surface area (Å²) in [6.07, 6.45) is 0.335. The fourth-order valence-corrected chi connectivity index (χ4v) is 6.07. The van der Waals surface area contributed by atoms with Crippen molar-refractivity contribution in [2.24, 2.45) is 0 Å². The number of ether oxygens (including phenoxy) is 1. The molecule has 1 atom stereocenters. The summed E-state index contributed by atoms with van der Waals surface area (Å²) in [4.78, 5) is 28.9. The molecule has 0 heterocycles. The van der Waals surface area contributed by atoms with Gasteiger partial charge in [-0.1, -0.05) is 54.4 Å². The fraction of sp³-hybridized carbons (Fsp3) is 0.355. The number of aryl methyl sites for hydroxylation is 2. The van der Waals surface area contributed by atoms with Crippen molar-refractivity contribution in [1.82, 2.24) is 10.2 Å². The number of methoxy groups -OCH3 is 1. The van der Waals surface area contributed by atoms with Crippen LogP contribution in [0.4, 0.5) is 5.69 Å². The van der Waals surface area contributed by atoms with Crippen LogP contribution in [0.25, 0.3) is 0 Å². The highest BCUT2D eigenvalue weighted by Gasteiger charge is 2.34. The number of carbonyl (C=O) groups excluding carboxylic acids is 2. The van der Waals surface area contributed by atoms with Gasteiger partial charge in [-0.05, 0) is 81.6 Å². The molecule has 0 saturated heterocycles. The van der Waals surface area contributed by atoms with Crippen molar-refractivity contribution in [2.45, 2.75) is 64.6 Å². The molecular weight excluding hydrogens is 562 g/mol. The van der Waals surface area contributed by atoms with Crippen LogP contribution in [0.2, 0.25) is 5.02 Å². The Kier molecular flexibility index (Phi) is 10.8. The largest absolute Gasteiger partial charge is 0.497 e. The first-order chi connectivity index (χ1) is 19.4. The molecule has 0 radical (unpaired) electrons. The molecule has 0 bridgehead atoms. The predicted octanol–water partition coefficient (Wildman–Crippen LogP) is 5.49. The summed E-state index contributed by atoms with van der Waals surface area (Å²) in [6, 6.07) is 17.6. The van der Waals surface area contributed by atoms with Crippen molar-refractivity contribution in [2.75, 3.05) is 18.0 Å². The molecule has 0 aliphatic heterocycles. The van der Waals surface area contributed by atoms with Crippen molar-refractivity contribution >= 4 is 39.1 Å². The molecule has 0 aliphatic carbocycles. The van der Waals surface area contributed by atoms with E-state index in [-0.39, 0.29) is 29.1 Å². The van der Waals surface area contributed by atoms with Gasteiger partial charge in [-0.25, -0.2) is 8.42 Å². The second-order valence-corrected chi connectivity index (χ2v) is 12.5. The molecule has 1 N–H and O–H groups in total. The monoisotopic (exact) mass is 599 g/mol. The van der Waals surface area contributed by atoms with Crippen LogP contribution in [-0.2, 0) is 26.2 Å². The van der Waals surface area contributed by atoms with E-state index >= 15 is 0 Å². The summed E-state index contributed by atoms with van der Waals surface area (Å²) in [7, 11) is -2.62. The zero-order valence-corrected chi connectivity index (χ0v) is 25.9. The number of carbonyl (C=O) groups is 2. The van der Waals surface area contributed by atoms with E-state index in [0.29, 0.717) is 22.8 Å². The summed E-state index contributed by atoms with van der Waals surface area (Å²) >= 11 is 6.29. The van der Waals surface area contributed by atoms with Gasteiger partial charge >= 0.3 is 0 Å². The number of hydrogen-bond donors (Lipinski definition) is 1. The summed E-state index contributed by atoms with van der Waals surface area (Å²) in [5.74, 6) is -0.180. The van der Waals surface area contributed by atoms with Crippen LogP contribution >= 0.6 is 11.6 Å². The van der Waals surface area contributed by atoms with E-state index in [2.05, 4.69) is 5.32 Å². The van der Waals surface area contributed by atoms with Gasteiger partial charge in [0.25, 0.3) is 10.0 Å². The molecule has 220 valence electrons. The lowest BCUT2D eigenvalue weighted by Crippen LogP contribution is -2.53. The van der Waals surface area contributed by atoms with E-state index in [0.717, 1.165) is 15.4 Å². The molecule has 0 saturated carbocycles. The van der Waals surface area contributed by atoms with Crippen molar-refractivity contribution in [3.63, 3.8) is 0 Å². The average molecular weight is 600 g/mol. The van der Waals surface area contributed by atoms with Gasteiger partial charge in [0.2, 0.25) is 11.8 Å². The highest BCUT2D eigenvalue weighted by Crippen LogP contribution is 2.30. The quantitative estimate of drug-likeness (QED) is 0.297. The number of benzene rings is 3. The van der Waals surface area contributed by atoms with Gasteiger partial charge in [-0.2, -0.15) is 0 Å². The molecule has 0 spiro atoms. The first-order valence-corrected chi connectivity index (χ1v) is 15.3. The van der Waals surface area contributed by atoms with Crippen molar-refractivity contribution in [3.8, 4) is 5.75 Å². The van der Waals surface area contributed by atoms with Crippen molar-refractivity contribution in [1.29, 1.82) is 0 Å². The molecule has 0 unspecified atom stereocenters. The summed E-state index contributed by atoms with van der Waals surface area (Å²) in [6.45, 7) is 8.70. The number of halogens is 1. The molecule has 3 aromatic carbocycles. The van der Waals surface area contributed by atoms with Crippen LogP contribution in [0, 0.1) is 13.8 Å². The van der Waals surface area contributed by atoms with Gasteiger partial charge in [0.1, 0.15) is 18.3 Å². The molecule has 2 amide bonds. The highest BCUT2D eigenvalue weighted by molar-refractivity contribution is 7.92. The van der Waals surface area contributed by atoms with Gasteiger partial charge in [0.05, 0.1) is 17.7 Å². The standard InChI is InChI=1S/C31H38ClN3O5S/c1-7-28(31(37)33-21(2)3)34(19-24-11-14-26(40-6)15-12-24)30(36)20-35(29-18-25(32)13-10-23(29)5)41(38,39)27-16-8-22(4)9-17-27/h8-18,21,28H,7,19-20H2,1-6H3,(H,33,37)/t28-/m0/s1. The molecule has 41 heavy (non-hydrogen) atoms. The molecule has 8 nitrogen and oxygen atoms in total. The van der Waals surface area contributed by atoms with Gasteiger partial charge in [0, 0.05) is 17.6 Å². The molecule has 3 aromatic rings. The Hall–Kier alpha value is -3.56. The Morgan fingerprint density at radius 1 is 0.976 bits per heavy atom. The summed E-state index contributed by atoms with van der Waals surface area (Å²) in [5, 5.41) is 3.23. The van der Waals surface area contributed by atoms with E-state index in [1.165, 1.54) is 23.1 Å². The number of nitrogens with zero attached hydrogens (tertiary/aromatic N) is 2. The molecule has 10 heteroatoms. The Balaban J connectivity index is 2.10. The maximum atomic E-state index is 14.2. The van der Waals surface area contributed by atoms with E-state index in [1.54, 1.807) is 50.4 Å². The van der Waals surface area contributed by atoms with Crippen LogP contribution in [0.1, 0.15) is 43.9 Å². The maximum Gasteiger partial charge on any atom is 0.264 e. The maximum absolute atomic E-state index is 14.2. The molecule has 0 fully saturated rings. The van der Waals surface area contributed by atoms with Crippen LogP contribution in [-0.4, -0.2) is 50.9 Å². The van der Waals surface area contributed by atoms with Gasteiger partial charge in [0.15, 0.2) is 0 Å². The first-order valence-electron chi connectivity index (χ1n) is 13.5. The number of amides is 2. The topological polar surface area (TPSA) is 96.0 Å². The third-order valence-electron chi connectivity index (χ3n) is 6.66. The second-order valence-electron chi connectivity index (χ2n) is 10.2. The Morgan fingerprint density at radius 3 is 2.17 bits per heavy atom. The lowest BCUT2D eigenvalue weighted by atomic mass is 10.1. The average Bonchev–Trinajstić information content (AvgIpc) is 2.93. The SMILES string of the molecule is CC[C@@H](C(=O)NC(C)C)N(Cc1ccc(OC)cc1)C(=O)CN(c1cc(Cl)ccc1C)S(=O)(=O)c1ccc(C)cc1. The smallest absolute Gasteiger partial charge is 0.264 e. The predicted molar refractivity (Wildman–Crippen MR) is 163 cm³/mol. The zero-order chi connectivity index (χ0) is 30.3. The first kappa shape index (κ1) is 32.0. The normalized spacial score (nSPS) is 12.1. The lowest BCUT2D eigenvalue weighted by Gasteiger charge is -2.34. The van der Waals surface area contributed by atoms with Crippen molar-refractivity contribution in [3.05, 3.63) is 88.4 Å². The molecule has 0 aliphatic rings. The van der Waals surface area contributed by atoms with Crippen molar-refractivity contribution < 1.29 is 22.7 Å². The Bertz CT molecular complexity index is 1460. The van der Waals surface area contributed by atoms with Gasteiger partial charge in [-0.3, -0.25) is 13.9 Å². The zero-order valence-electron chi connectivity index (χ0n) is 24.3. The minimum absolute atomic E-state index is 0.0431. The van der Waals surface area contributed by atoms with E-state index < -0.39 is 28.5 Å². The summed E-state index contributed by atoms with van der Waals surface area (Å²) < 4.78 is 34.4. The number of sulfonamides is 1. The van der Waals surface area contributed by atoms with E-state index in [9.17, 15) is 18.0 Å². The molecule has 0 aromatic heterocycles. The third-order valence-corrected chi connectivity index (χ3v) is 8.67. The molecule has 3 rings (SSSR count).